The van der Waals surface area contributed by atoms with Crippen LogP contribution in [0.15, 0.2) is 60.7 Å². The van der Waals surface area contributed by atoms with E-state index in [4.69, 9.17) is 16.3 Å². The average molecular weight is 301 g/mol. The van der Waals surface area contributed by atoms with Gasteiger partial charge in [-0.05, 0) is 25.0 Å². The Hall–Kier alpha value is -2.06. The van der Waals surface area contributed by atoms with Crippen LogP contribution >= 0.6 is 11.6 Å². The molecule has 0 saturated heterocycles. The Morgan fingerprint density at radius 3 is 2.43 bits per heavy atom. The standard InChI is InChI=1S/C18H17ClO2/c1-2-21-18(20)16(15-10-6-7-11-17(15)19)13-12-14-8-4-3-5-9-14/h3-11,13H,2,12H2,1H3/b16-13+. The highest BCUT2D eigenvalue weighted by molar-refractivity contribution is 6.34. The van der Waals surface area contributed by atoms with Crippen LogP contribution in [0.5, 0.6) is 0 Å². The molecule has 2 nitrogen and oxygen atoms in total. The second-order valence-corrected chi connectivity index (χ2v) is 4.92. The minimum atomic E-state index is -0.346. The first kappa shape index (κ1) is 15.3. The van der Waals surface area contributed by atoms with E-state index in [0.717, 1.165) is 5.56 Å². The number of esters is 1. The van der Waals surface area contributed by atoms with Gasteiger partial charge in [0.15, 0.2) is 0 Å². The van der Waals surface area contributed by atoms with Crippen molar-refractivity contribution in [3.8, 4) is 0 Å². The van der Waals surface area contributed by atoms with Crippen LogP contribution in [-0.4, -0.2) is 12.6 Å². The van der Waals surface area contributed by atoms with E-state index >= 15 is 0 Å². The summed E-state index contributed by atoms with van der Waals surface area (Å²) in [7, 11) is 0. The molecule has 108 valence electrons. The molecule has 0 fully saturated rings. The average Bonchev–Trinajstić information content (AvgIpc) is 2.50. The molecule has 0 amide bonds. The lowest BCUT2D eigenvalue weighted by atomic mass is 10.0. The van der Waals surface area contributed by atoms with E-state index in [1.54, 1.807) is 13.0 Å². The molecule has 0 spiro atoms. The summed E-state index contributed by atoms with van der Waals surface area (Å²) in [6.07, 6.45) is 2.52. The minimum absolute atomic E-state index is 0.339. The SMILES string of the molecule is CCOC(=O)/C(=C/Cc1ccccc1)c1ccccc1Cl. The van der Waals surface area contributed by atoms with E-state index in [9.17, 15) is 4.79 Å². The van der Waals surface area contributed by atoms with E-state index in [0.29, 0.717) is 29.2 Å². The molecular weight excluding hydrogens is 284 g/mol. The van der Waals surface area contributed by atoms with Gasteiger partial charge in [0.1, 0.15) is 0 Å². The summed E-state index contributed by atoms with van der Waals surface area (Å²) in [5.41, 5.74) is 2.34. The molecule has 0 saturated carbocycles. The lowest BCUT2D eigenvalue weighted by Crippen LogP contribution is -2.07. The van der Waals surface area contributed by atoms with Crippen LogP contribution in [0.1, 0.15) is 18.1 Å². The smallest absolute Gasteiger partial charge is 0.338 e. The normalized spacial score (nSPS) is 11.2. The van der Waals surface area contributed by atoms with Crippen LogP contribution in [0, 0.1) is 0 Å². The molecule has 0 N–H and O–H groups in total. The van der Waals surface area contributed by atoms with Crippen LogP contribution in [0.3, 0.4) is 0 Å². The lowest BCUT2D eigenvalue weighted by Gasteiger charge is -2.09. The Bertz CT molecular complexity index is 633. The number of carbonyl (C=O) groups is 1. The summed E-state index contributed by atoms with van der Waals surface area (Å²) in [6.45, 7) is 2.13. The van der Waals surface area contributed by atoms with Crippen molar-refractivity contribution in [2.45, 2.75) is 13.3 Å². The molecule has 3 heteroatoms. The van der Waals surface area contributed by atoms with E-state index in [-0.39, 0.29) is 5.97 Å². The van der Waals surface area contributed by atoms with E-state index in [1.807, 2.05) is 54.6 Å². The molecule has 0 heterocycles. The molecule has 2 aromatic rings. The van der Waals surface area contributed by atoms with Crippen LogP contribution in [0.25, 0.3) is 5.57 Å². The highest BCUT2D eigenvalue weighted by atomic mass is 35.5. The highest BCUT2D eigenvalue weighted by Crippen LogP contribution is 2.25. The van der Waals surface area contributed by atoms with Gasteiger partial charge in [0.2, 0.25) is 0 Å². The van der Waals surface area contributed by atoms with Gasteiger partial charge in [0.05, 0.1) is 12.2 Å². The van der Waals surface area contributed by atoms with Crippen molar-refractivity contribution in [2.24, 2.45) is 0 Å². The number of halogens is 1. The predicted octanol–water partition coefficient (Wildman–Crippen LogP) is 4.53. The molecule has 2 rings (SSSR count). The maximum Gasteiger partial charge on any atom is 0.338 e. The van der Waals surface area contributed by atoms with Crippen molar-refractivity contribution in [2.75, 3.05) is 6.61 Å². The first-order chi connectivity index (χ1) is 10.2. The monoisotopic (exact) mass is 300 g/mol. The largest absolute Gasteiger partial charge is 0.462 e. The van der Waals surface area contributed by atoms with Crippen molar-refractivity contribution in [3.63, 3.8) is 0 Å². The van der Waals surface area contributed by atoms with Gasteiger partial charge < -0.3 is 4.74 Å². The molecule has 0 bridgehead atoms. The second kappa shape index (κ2) is 7.65. The summed E-state index contributed by atoms with van der Waals surface area (Å²) in [5.74, 6) is -0.346. The number of rotatable bonds is 5. The summed E-state index contributed by atoms with van der Waals surface area (Å²) >= 11 is 6.20. The van der Waals surface area contributed by atoms with Gasteiger partial charge in [-0.3, -0.25) is 0 Å². The molecule has 0 unspecified atom stereocenters. The van der Waals surface area contributed by atoms with Crippen LogP contribution in [0.2, 0.25) is 5.02 Å². The Balaban J connectivity index is 2.32. The van der Waals surface area contributed by atoms with Crippen molar-refractivity contribution in [3.05, 3.63) is 76.8 Å². The molecule has 0 aliphatic rings. The molecule has 2 aromatic carbocycles. The van der Waals surface area contributed by atoms with E-state index in [1.165, 1.54) is 0 Å². The van der Waals surface area contributed by atoms with Gasteiger partial charge in [-0.15, -0.1) is 0 Å². The number of hydrogen-bond donors (Lipinski definition) is 0. The maximum atomic E-state index is 12.2. The zero-order valence-corrected chi connectivity index (χ0v) is 12.6. The van der Waals surface area contributed by atoms with Gasteiger partial charge in [-0.2, -0.15) is 0 Å². The summed E-state index contributed by atoms with van der Waals surface area (Å²) in [4.78, 5) is 12.2. The third-order valence-corrected chi connectivity index (χ3v) is 3.37. The molecule has 0 atom stereocenters. The molecule has 0 aromatic heterocycles. The quantitative estimate of drug-likeness (QED) is 0.599. The minimum Gasteiger partial charge on any atom is -0.462 e. The molecule has 0 aliphatic heterocycles. The zero-order valence-electron chi connectivity index (χ0n) is 11.9. The fraction of sp³-hybridized carbons (Fsp3) is 0.167. The first-order valence-corrected chi connectivity index (χ1v) is 7.26. The topological polar surface area (TPSA) is 26.3 Å². The molecule has 0 radical (unpaired) electrons. The zero-order chi connectivity index (χ0) is 15.1. The predicted molar refractivity (Wildman–Crippen MR) is 86.2 cm³/mol. The van der Waals surface area contributed by atoms with Gasteiger partial charge in [0, 0.05) is 10.6 Å². The third kappa shape index (κ3) is 4.20. The molecule has 21 heavy (non-hydrogen) atoms. The fourth-order valence-electron chi connectivity index (χ4n) is 2.03. The summed E-state index contributed by atoms with van der Waals surface area (Å²) in [6, 6.07) is 17.3. The Morgan fingerprint density at radius 1 is 1.10 bits per heavy atom. The maximum absolute atomic E-state index is 12.2. The van der Waals surface area contributed by atoms with Crippen LogP contribution in [0.4, 0.5) is 0 Å². The Labute approximate surface area is 130 Å². The summed E-state index contributed by atoms with van der Waals surface area (Å²) < 4.78 is 5.14. The Morgan fingerprint density at radius 2 is 1.76 bits per heavy atom. The first-order valence-electron chi connectivity index (χ1n) is 6.88. The van der Waals surface area contributed by atoms with Crippen molar-refractivity contribution in [1.29, 1.82) is 0 Å². The highest BCUT2D eigenvalue weighted by Gasteiger charge is 2.15. The van der Waals surface area contributed by atoms with Gasteiger partial charge in [-0.1, -0.05) is 66.2 Å². The van der Waals surface area contributed by atoms with Gasteiger partial charge in [-0.25, -0.2) is 4.79 Å². The van der Waals surface area contributed by atoms with E-state index in [2.05, 4.69) is 0 Å². The third-order valence-electron chi connectivity index (χ3n) is 3.04. The molecule has 0 aliphatic carbocycles. The van der Waals surface area contributed by atoms with Crippen molar-refractivity contribution >= 4 is 23.1 Å². The summed E-state index contributed by atoms with van der Waals surface area (Å²) in [5, 5.41) is 0.546. The number of ether oxygens (including phenoxy) is 1. The fourth-order valence-corrected chi connectivity index (χ4v) is 2.26. The van der Waals surface area contributed by atoms with Crippen molar-refractivity contribution in [1.82, 2.24) is 0 Å². The van der Waals surface area contributed by atoms with Crippen LogP contribution in [-0.2, 0) is 16.0 Å². The van der Waals surface area contributed by atoms with Crippen molar-refractivity contribution < 1.29 is 9.53 Å². The number of hydrogen-bond acceptors (Lipinski definition) is 2. The number of benzene rings is 2. The number of carbonyl (C=O) groups excluding carboxylic acids is 1. The van der Waals surface area contributed by atoms with Crippen LogP contribution < -0.4 is 0 Å². The second-order valence-electron chi connectivity index (χ2n) is 4.51. The van der Waals surface area contributed by atoms with Gasteiger partial charge in [0.25, 0.3) is 0 Å². The Kier molecular flexibility index (Phi) is 5.59. The molecular formula is C18H17ClO2. The van der Waals surface area contributed by atoms with E-state index < -0.39 is 0 Å². The van der Waals surface area contributed by atoms with Gasteiger partial charge >= 0.3 is 5.97 Å². The lowest BCUT2D eigenvalue weighted by molar-refractivity contribution is -0.136. The number of allylic oxidation sites excluding steroid dienone is 1.